The quantitative estimate of drug-likeness (QED) is 0.778. The minimum Gasteiger partial charge on any atom is -0.465 e. The van der Waals surface area contributed by atoms with E-state index in [2.05, 4.69) is 15.9 Å². The standard InChI is InChI=1S/C15H10BrNO2S/c1-19-15(18)14-8-13(5-2-10(14)9-17)20-12-6-3-11(16)4-7-12/h2-8H,1H3. The van der Waals surface area contributed by atoms with Crippen LogP contribution < -0.4 is 0 Å². The van der Waals surface area contributed by atoms with Crippen LogP contribution in [0.2, 0.25) is 0 Å². The number of esters is 1. The van der Waals surface area contributed by atoms with Crippen molar-refractivity contribution in [2.75, 3.05) is 7.11 Å². The SMILES string of the molecule is COC(=O)c1cc(Sc2ccc(Br)cc2)ccc1C#N. The Bertz CT molecular complexity index is 677. The van der Waals surface area contributed by atoms with Gasteiger partial charge in [-0.05, 0) is 42.5 Å². The maximum Gasteiger partial charge on any atom is 0.339 e. The van der Waals surface area contributed by atoms with Crippen LogP contribution >= 0.6 is 27.7 Å². The Balaban J connectivity index is 2.32. The molecule has 0 atom stereocenters. The van der Waals surface area contributed by atoms with Crippen molar-refractivity contribution in [3.63, 3.8) is 0 Å². The van der Waals surface area contributed by atoms with E-state index in [1.807, 2.05) is 36.4 Å². The van der Waals surface area contributed by atoms with Gasteiger partial charge in [0, 0.05) is 14.3 Å². The second kappa shape index (κ2) is 6.60. The molecule has 0 aliphatic rings. The summed E-state index contributed by atoms with van der Waals surface area (Å²) in [7, 11) is 1.30. The number of hydrogen-bond donors (Lipinski definition) is 0. The third kappa shape index (κ3) is 3.41. The first kappa shape index (κ1) is 14.6. The van der Waals surface area contributed by atoms with Crippen molar-refractivity contribution in [3.8, 4) is 6.07 Å². The molecule has 3 nitrogen and oxygen atoms in total. The number of rotatable bonds is 3. The molecule has 0 aliphatic carbocycles. The zero-order valence-electron chi connectivity index (χ0n) is 10.6. The van der Waals surface area contributed by atoms with Crippen LogP contribution in [0, 0.1) is 11.3 Å². The molecule has 0 N–H and O–H groups in total. The fourth-order valence-electron chi connectivity index (χ4n) is 1.60. The van der Waals surface area contributed by atoms with Crippen molar-refractivity contribution >= 4 is 33.7 Å². The summed E-state index contributed by atoms with van der Waals surface area (Å²) >= 11 is 4.90. The van der Waals surface area contributed by atoms with Crippen LogP contribution in [0.1, 0.15) is 15.9 Å². The molecule has 0 amide bonds. The number of nitrogens with zero attached hydrogens (tertiary/aromatic N) is 1. The minimum atomic E-state index is -0.500. The first-order valence-corrected chi connectivity index (χ1v) is 7.31. The van der Waals surface area contributed by atoms with Crippen molar-refractivity contribution in [2.45, 2.75) is 9.79 Å². The summed E-state index contributed by atoms with van der Waals surface area (Å²) in [5, 5.41) is 9.00. The first-order chi connectivity index (χ1) is 9.63. The maximum absolute atomic E-state index is 11.7. The number of carbonyl (C=O) groups is 1. The molecule has 0 aromatic heterocycles. The summed E-state index contributed by atoms with van der Waals surface area (Å²) in [4.78, 5) is 13.6. The van der Waals surface area contributed by atoms with Gasteiger partial charge in [0.25, 0.3) is 0 Å². The third-order valence-electron chi connectivity index (χ3n) is 2.57. The highest BCUT2D eigenvalue weighted by Gasteiger charge is 2.13. The van der Waals surface area contributed by atoms with Gasteiger partial charge in [-0.1, -0.05) is 27.7 Å². The van der Waals surface area contributed by atoms with Gasteiger partial charge < -0.3 is 4.74 Å². The Morgan fingerprint density at radius 3 is 2.45 bits per heavy atom. The van der Waals surface area contributed by atoms with E-state index in [1.165, 1.54) is 18.9 Å². The fourth-order valence-corrected chi connectivity index (χ4v) is 2.72. The summed E-state index contributed by atoms with van der Waals surface area (Å²) < 4.78 is 5.71. The normalized spacial score (nSPS) is 9.85. The summed E-state index contributed by atoms with van der Waals surface area (Å²) in [6.07, 6.45) is 0. The van der Waals surface area contributed by atoms with Crippen LogP contribution in [0.4, 0.5) is 0 Å². The van der Waals surface area contributed by atoms with Gasteiger partial charge >= 0.3 is 5.97 Å². The Kier molecular flexibility index (Phi) is 4.83. The zero-order chi connectivity index (χ0) is 14.5. The van der Waals surface area contributed by atoms with Crippen molar-refractivity contribution in [1.82, 2.24) is 0 Å². The lowest BCUT2D eigenvalue weighted by molar-refractivity contribution is 0.0600. The van der Waals surface area contributed by atoms with Crippen LogP contribution in [0.3, 0.4) is 0 Å². The molecule has 0 aliphatic heterocycles. The fraction of sp³-hybridized carbons (Fsp3) is 0.0667. The molecule has 0 spiro atoms. The third-order valence-corrected chi connectivity index (χ3v) is 4.09. The molecule has 2 aromatic rings. The predicted molar refractivity (Wildman–Crippen MR) is 80.8 cm³/mol. The number of hydrogen-bond acceptors (Lipinski definition) is 4. The highest BCUT2D eigenvalue weighted by atomic mass is 79.9. The molecule has 2 rings (SSSR count). The van der Waals surface area contributed by atoms with Gasteiger partial charge in [-0.3, -0.25) is 0 Å². The van der Waals surface area contributed by atoms with Gasteiger partial charge in [0.2, 0.25) is 0 Å². The van der Waals surface area contributed by atoms with Crippen LogP contribution in [-0.4, -0.2) is 13.1 Å². The average Bonchev–Trinajstić information content (AvgIpc) is 2.48. The van der Waals surface area contributed by atoms with Crippen LogP contribution in [0.5, 0.6) is 0 Å². The molecule has 20 heavy (non-hydrogen) atoms. The lowest BCUT2D eigenvalue weighted by Gasteiger charge is -2.06. The first-order valence-electron chi connectivity index (χ1n) is 5.70. The second-order valence-corrected chi connectivity index (χ2v) is 5.93. The number of halogens is 1. The Labute approximate surface area is 129 Å². The van der Waals surface area contributed by atoms with Crippen molar-refractivity contribution < 1.29 is 9.53 Å². The van der Waals surface area contributed by atoms with E-state index in [0.717, 1.165) is 14.3 Å². The molecular formula is C15H10BrNO2S. The largest absolute Gasteiger partial charge is 0.465 e. The van der Waals surface area contributed by atoms with Crippen molar-refractivity contribution in [3.05, 3.63) is 58.1 Å². The molecule has 0 heterocycles. The van der Waals surface area contributed by atoms with Gasteiger partial charge in [0.1, 0.15) is 6.07 Å². The van der Waals surface area contributed by atoms with E-state index in [1.54, 1.807) is 12.1 Å². The van der Waals surface area contributed by atoms with Gasteiger partial charge in [-0.15, -0.1) is 0 Å². The lowest BCUT2D eigenvalue weighted by atomic mass is 10.1. The highest BCUT2D eigenvalue weighted by molar-refractivity contribution is 9.10. The summed E-state index contributed by atoms with van der Waals surface area (Å²) in [6, 6.07) is 15.0. The monoisotopic (exact) mass is 347 g/mol. The Morgan fingerprint density at radius 1 is 1.20 bits per heavy atom. The molecule has 0 unspecified atom stereocenters. The highest BCUT2D eigenvalue weighted by Crippen LogP contribution is 2.30. The molecule has 100 valence electrons. The van der Waals surface area contributed by atoms with Crippen molar-refractivity contribution in [1.29, 1.82) is 5.26 Å². The van der Waals surface area contributed by atoms with E-state index in [-0.39, 0.29) is 5.56 Å². The Hall–Kier alpha value is -1.77. The molecule has 0 saturated heterocycles. The van der Waals surface area contributed by atoms with E-state index in [4.69, 9.17) is 10.00 Å². The zero-order valence-corrected chi connectivity index (χ0v) is 13.0. The second-order valence-electron chi connectivity index (χ2n) is 3.87. The number of carbonyl (C=O) groups excluding carboxylic acids is 1. The van der Waals surface area contributed by atoms with E-state index >= 15 is 0 Å². The summed E-state index contributed by atoms with van der Waals surface area (Å²) in [5.74, 6) is -0.500. The molecule has 5 heteroatoms. The van der Waals surface area contributed by atoms with Gasteiger partial charge in [-0.25, -0.2) is 4.79 Å². The van der Waals surface area contributed by atoms with Crippen molar-refractivity contribution in [2.24, 2.45) is 0 Å². The molecule has 2 aromatic carbocycles. The molecule has 0 saturated carbocycles. The average molecular weight is 348 g/mol. The van der Waals surface area contributed by atoms with Gasteiger partial charge in [-0.2, -0.15) is 5.26 Å². The molecule has 0 radical (unpaired) electrons. The van der Waals surface area contributed by atoms with Gasteiger partial charge in [0.15, 0.2) is 0 Å². The molecule has 0 fully saturated rings. The topological polar surface area (TPSA) is 50.1 Å². The smallest absolute Gasteiger partial charge is 0.339 e. The van der Waals surface area contributed by atoms with E-state index in [9.17, 15) is 4.79 Å². The number of ether oxygens (including phenoxy) is 1. The lowest BCUT2D eigenvalue weighted by Crippen LogP contribution is -2.04. The Morgan fingerprint density at radius 2 is 1.85 bits per heavy atom. The summed E-state index contributed by atoms with van der Waals surface area (Å²) in [5.41, 5.74) is 0.606. The van der Waals surface area contributed by atoms with Crippen LogP contribution in [-0.2, 0) is 4.74 Å². The van der Waals surface area contributed by atoms with Crippen LogP contribution in [0.25, 0.3) is 0 Å². The van der Waals surface area contributed by atoms with E-state index in [0.29, 0.717) is 5.56 Å². The summed E-state index contributed by atoms with van der Waals surface area (Å²) in [6.45, 7) is 0. The molecular weight excluding hydrogens is 338 g/mol. The number of nitriles is 1. The number of methoxy groups -OCH3 is 1. The van der Waals surface area contributed by atoms with Crippen LogP contribution in [0.15, 0.2) is 56.7 Å². The minimum absolute atomic E-state index is 0.289. The maximum atomic E-state index is 11.7. The van der Waals surface area contributed by atoms with E-state index < -0.39 is 5.97 Å². The predicted octanol–water partition coefficient (Wildman–Crippen LogP) is 4.26. The molecule has 0 bridgehead atoms. The number of benzene rings is 2. The van der Waals surface area contributed by atoms with Gasteiger partial charge in [0.05, 0.1) is 18.2 Å².